The first-order chi connectivity index (χ1) is 26.3. The van der Waals surface area contributed by atoms with Crippen LogP contribution in [0.1, 0.15) is 90.2 Å². The molecule has 12 rings (SSSR count). The molecule has 4 aliphatic rings. The average molecular weight is 701 g/mol. The lowest BCUT2D eigenvalue weighted by atomic mass is 9.61. The molecule has 0 radical (unpaired) electrons. The lowest BCUT2D eigenvalue weighted by Crippen LogP contribution is -2.54. The Hall–Kier alpha value is -5.08. The largest absolute Gasteiger partial charge is 0.333 e. The Kier molecular flexibility index (Phi) is 6.00. The average Bonchev–Trinajstić information content (AvgIpc) is 3.55. The molecular formula is C52H48N2. The molecule has 4 unspecified atom stereocenters. The van der Waals surface area contributed by atoms with Gasteiger partial charge in [0, 0.05) is 43.7 Å². The molecule has 2 aliphatic heterocycles. The maximum atomic E-state index is 2.83. The number of nitrogens with zero attached hydrogens (tertiary/aromatic N) is 2. The van der Waals surface area contributed by atoms with Crippen molar-refractivity contribution in [1.82, 2.24) is 0 Å². The summed E-state index contributed by atoms with van der Waals surface area (Å²) in [7, 11) is 0. The Labute approximate surface area is 318 Å². The summed E-state index contributed by atoms with van der Waals surface area (Å²) in [5.74, 6) is 0. The molecule has 0 amide bonds. The zero-order valence-corrected chi connectivity index (χ0v) is 32.1. The van der Waals surface area contributed by atoms with Gasteiger partial charge in [-0.1, -0.05) is 149 Å². The van der Waals surface area contributed by atoms with Crippen molar-refractivity contribution < 1.29 is 0 Å². The molecule has 2 fully saturated rings. The molecule has 4 atom stereocenters. The van der Waals surface area contributed by atoms with Crippen LogP contribution in [0, 0.1) is 0 Å². The van der Waals surface area contributed by atoms with E-state index in [-0.39, 0.29) is 21.9 Å². The molecule has 2 nitrogen and oxygen atoms in total. The van der Waals surface area contributed by atoms with Crippen LogP contribution in [0.3, 0.4) is 0 Å². The molecule has 2 aliphatic carbocycles. The summed E-state index contributed by atoms with van der Waals surface area (Å²) < 4.78 is 0. The van der Waals surface area contributed by atoms with Gasteiger partial charge < -0.3 is 9.80 Å². The fourth-order valence-corrected chi connectivity index (χ4v) is 12.9. The summed E-state index contributed by atoms with van der Waals surface area (Å²) >= 11 is 0. The smallest absolute Gasteiger partial charge is 0.0535 e. The highest BCUT2D eigenvalue weighted by Gasteiger charge is 2.59. The second-order valence-corrected chi connectivity index (χ2v) is 18.3. The summed E-state index contributed by atoms with van der Waals surface area (Å²) in [4.78, 5) is 5.65. The van der Waals surface area contributed by atoms with Gasteiger partial charge in [0.05, 0.1) is 22.5 Å². The topological polar surface area (TPSA) is 6.48 Å². The number of anilines is 4. The molecule has 2 heteroatoms. The minimum Gasteiger partial charge on any atom is -0.333 e. The van der Waals surface area contributed by atoms with Crippen LogP contribution in [-0.2, 0) is 10.8 Å². The molecule has 8 aromatic rings. The molecule has 0 spiro atoms. The van der Waals surface area contributed by atoms with E-state index < -0.39 is 0 Å². The fraction of sp³-hybridized carbons (Fsp3) is 0.308. The van der Waals surface area contributed by atoms with Gasteiger partial charge in [0.1, 0.15) is 0 Å². The van der Waals surface area contributed by atoms with Crippen LogP contribution in [0.15, 0.2) is 121 Å². The van der Waals surface area contributed by atoms with Gasteiger partial charge in [-0.15, -0.1) is 0 Å². The Morgan fingerprint density at radius 3 is 1.22 bits per heavy atom. The van der Waals surface area contributed by atoms with Gasteiger partial charge in [-0.2, -0.15) is 0 Å². The van der Waals surface area contributed by atoms with E-state index in [2.05, 4.69) is 159 Å². The number of rotatable bonds is 2. The van der Waals surface area contributed by atoms with Crippen molar-refractivity contribution in [2.45, 2.75) is 101 Å². The Balaban J connectivity index is 1.15. The fourth-order valence-electron chi connectivity index (χ4n) is 12.9. The van der Waals surface area contributed by atoms with Gasteiger partial charge in [-0.25, -0.2) is 0 Å². The molecule has 0 bridgehead atoms. The molecule has 0 N–H and O–H groups in total. The second-order valence-electron chi connectivity index (χ2n) is 18.3. The second kappa shape index (κ2) is 10.4. The van der Waals surface area contributed by atoms with E-state index in [1.54, 1.807) is 0 Å². The van der Waals surface area contributed by atoms with Crippen molar-refractivity contribution in [1.29, 1.82) is 0 Å². The first-order valence-corrected chi connectivity index (χ1v) is 20.6. The van der Waals surface area contributed by atoms with Gasteiger partial charge in [0.15, 0.2) is 0 Å². The summed E-state index contributed by atoms with van der Waals surface area (Å²) in [6, 6.07) is 47.4. The van der Waals surface area contributed by atoms with Gasteiger partial charge in [0.25, 0.3) is 0 Å². The van der Waals surface area contributed by atoms with E-state index in [0.29, 0.717) is 0 Å². The summed E-state index contributed by atoms with van der Waals surface area (Å²) in [6.45, 7) is 10.3. The van der Waals surface area contributed by atoms with Gasteiger partial charge >= 0.3 is 0 Å². The van der Waals surface area contributed by atoms with E-state index in [1.807, 2.05) is 0 Å². The number of hydrogen-bond donors (Lipinski definition) is 0. The predicted octanol–water partition coefficient (Wildman–Crippen LogP) is 14.4. The Morgan fingerprint density at radius 1 is 0.370 bits per heavy atom. The van der Waals surface area contributed by atoms with E-state index in [4.69, 9.17) is 0 Å². The monoisotopic (exact) mass is 700 g/mol. The van der Waals surface area contributed by atoms with E-state index >= 15 is 0 Å². The lowest BCUT2D eigenvalue weighted by Gasteiger charge is -2.50. The van der Waals surface area contributed by atoms with E-state index in [1.165, 1.54) is 139 Å². The lowest BCUT2D eigenvalue weighted by molar-refractivity contribution is 0.195. The van der Waals surface area contributed by atoms with Gasteiger partial charge in [-0.3, -0.25) is 0 Å². The quantitative estimate of drug-likeness (QED) is 0.166. The third-order valence-corrected chi connectivity index (χ3v) is 16.1. The van der Waals surface area contributed by atoms with Crippen molar-refractivity contribution in [3.8, 4) is 0 Å². The molecule has 2 heterocycles. The predicted molar refractivity (Wildman–Crippen MR) is 231 cm³/mol. The molecule has 266 valence electrons. The number of fused-ring (bicyclic) bond motifs is 10. The third kappa shape index (κ3) is 3.55. The summed E-state index contributed by atoms with van der Waals surface area (Å²) in [5.41, 5.74) is 8.75. The molecule has 54 heavy (non-hydrogen) atoms. The van der Waals surface area contributed by atoms with Crippen LogP contribution in [0.5, 0.6) is 0 Å². The highest BCUT2D eigenvalue weighted by atomic mass is 15.3. The maximum Gasteiger partial charge on any atom is 0.0535 e. The Bertz CT molecular complexity index is 2690. The highest BCUT2D eigenvalue weighted by Crippen LogP contribution is 2.65. The van der Waals surface area contributed by atoms with Crippen molar-refractivity contribution in [3.63, 3.8) is 0 Å². The minimum absolute atomic E-state index is 0.0217. The Morgan fingerprint density at radius 2 is 0.759 bits per heavy atom. The van der Waals surface area contributed by atoms with Crippen molar-refractivity contribution in [2.75, 3.05) is 9.80 Å². The van der Waals surface area contributed by atoms with E-state index in [0.717, 1.165) is 0 Å². The van der Waals surface area contributed by atoms with Crippen LogP contribution < -0.4 is 9.80 Å². The zero-order chi connectivity index (χ0) is 36.2. The molecule has 0 aromatic heterocycles. The van der Waals surface area contributed by atoms with Gasteiger partial charge in [-0.05, 0) is 95.1 Å². The maximum absolute atomic E-state index is 2.83. The molecular weight excluding hydrogens is 653 g/mol. The first-order valence-electron chi connectivity index (χ1n) is 20.6. The standard InChI is InChI=1S/C52H48N2/c1-49-29-9-11-31-51(49,3)53(47-37-15-7-5-13-33(37)19-25-41(47)49)43-27-21-35-18-24-40-44(28-22-36-17-23-39(43)45(35)46(36)40)54-48-38-16-8-6-14-34(38)20-26-42(48)50(2)30-10-12-32-52(50,54)4/h5-8,13-28H,9-12,29-32H2,1-4H3. The van der Waals surface area contributed by atoms with Crippen LogP contribution >= 0.6 is 0 Å². The highest BCUT2D eigenvalue weighted by molar-refractivity contribution is 6.28. The van der Waals surface area contributed by atoms with Crippen LogP contribution in [0.2, 0.25) is 0 Å². The third-order valence-electron chi connectivity index (χ3n) is 16.1. The number of benzene rings is 8. The van der Waals surface area contributed by atoms with Crippen molar-refractivity contribution in [3.05, 3.63) is 132 Å². The van der Waals surface area contributed by atoms with Crippen molar-refractivity contribution >= 4 is 76.6 Å². The van der Waals surface area contributed by atoms with Crippen LogP contribution in [-0.4, -0.2) is 11.1 Å². The van der Waals surface area contributed by atoms with E-state index in [9.17, 15) is 0 Å². The molecule has 0 saturated heterocycles. The van der Waals surface area contributed by atoms with Crippen LogP contribution in [0.4, 0.5) is 22.7 Å². The molecule has 2 saturated carbocycles. The van der Waals surface area contributed by atoms with Gasteiger partial charge in [0.2, 0.25) is 0 Å². The zero-order valence-electron chi connectivity index (χ0n) is 32.1. The number of hydrogen-bond acceptors (Lipinski definition) is 2. The normalized spacial score (nSPS) is 27.6. The SMILES string of the molecule is CC12CCCCC1(C)N(c1ccc3ccc4c(N5c6c(ccc7ccccc67)C6(C)CCCCC56C)ccc5ccc1c3c54)c1c2ccc2ccccc12. The summed E-state index contributed by atoms with van der Waals surface area (Å²) in [5, 5.41) is 13.6. The van der Waals surface area contributed by atoms with Crippen LogP contribution in [0.25, 0.3) is 53.9 Å². The minimum atomic E-state index is -0.0217. The van der Waals surface area contributed by atoms with Crippen molar-refractivity contribution in [2.24, 2.45) is 0 Å². The summed E-state index contributed by atoms with van der Waals surface area (Å²) in [6.07, 6.45) is 9.96. The first kappa shape index (κ1) is 31.3. The molecule has 8 aromatic carbocycles.